The Morgan fingerprint density at radius 1 is 0.741 bits per heavy atom. The van der Waals surface area contributed by atoms with Crippen molar-refractivity contribution in [2.24, 2.45) is 0 Å². The molecule has 0 radical (unpaired) electrons. The number of nitrogens with zero attached hydrogens (tertiary/aromatic N) is 2. The van der Waals surface area contributed by atoms with Gasteiger partial charge in [0.2, 0.25) is 0 Å². The average Bonchev–Trinajstić information content (AvgIpc) is 2.71. The minimum atomic E-state index is 0.651. The van der Waals surface area contributed by atoms with Crippen LogP contribution in [0.2, 0.25) is 0 Å². The van der Waals surface area contributed by atoms with Gasteiger partial charge in [-0.25, -0.2) is 0 Å². The van der Waals surface area contributed by atoms with Crippen LogP contribution < -0.4 is 9.47 Å². The molecule has 2 aromatic rings. The van der Waals surface area contributed by atoms with Crippen molar-refractivity contribution in [3.63, 3.8) is 0 Å². The third-order valence-electron chi connectivity index (χ3n) is 5.24. The third-order valence-corrected chi connectivity index (χ3v) is 5.24. The summed E-state index contributed by atoms with van der Waals surface area (Å²) < 4.78 is 11.1. The van der Waals surface area contributed by atoms with Crippen LogP contribution in [0.4, 0.5) is 0 Å². The van der Waals surface area contributed by atoms with Crippen LogP contribution in [0.5, 0.6) is 11.5 Å². The van der Waals surface area contributed by atoms with E-state index in [1.807, 2.05) is 13.0 Å². The minimum absolute atomic E-state index is 0.651. The van der Waals surface area contributed by atoms with Crippen molar-refractivity contribution >= 4 is 0 Å². The first-order valence-electron chi connectivity index (χ1n) is 10.0. The molecule has 1 saturated heterocycles. The fourth-order valence-electron chi connectivity index (χ4n) is 3.59. The van der Waals surface area contributed by atoms with E-state index >= 15 is 0 Å². The zero-order valence-electron chi connectivity index (χ0n) is 16.9. The molecule has 0 amide bonds. The summed E-state index contributed by atoms with van der Waals surface area (Å²) in [6.45, 7) is 11.3. The van der Waals surface area contributed by atoms with Gasteiger partial charge in [0.25, 0.3) is 0 Å². The van der Waals surface area contributed by atoms with Crippen molar-refractivity contribution in [1.29, 1.82) is 0 Å². The van der Waals surface area contributed by atoms with Gasteiger partial charge in [-0.15, -0.1) is 0 Å². The SMILES string of the molecule is CCOc1cc(CN2CCN(Cc3ccc(CC)cc3)CC2)ccc1OC. The van der Waals surface area contributed by atoms with Crippen molar-refractivity contribution in [2.45, 2.75) is 33.4 Å². The highest BCUT2D eigenvalue weighted by Gasteiger charge is 2.17. The molecule has 1 aliphatic heterocycles. The maximum Gasteiger partial charge on any atom is 0.161 e. The second-order valence-corrected chi connectivity index (χ2v) is 7.14. The van der Waals surface area contributed by atoms with E-state index in [0.717, 1.165) is 57.2 Å². The molecule has 0 unspecified atom stereocenters. The first-order chi connectivity index (χ1) is 13.2. The standard InChI is InChI=1S/C23H32N2O2/c1-4-19-6-8-20(9-7-19)17-24-12-14-25(15-13-24)18-21-10-11-22(26-3)23(16-21)27-5-2/h6-11,16H,4-5,12-15,17-18H2,1-3H3. The maximum atomic E-state index is 5.71. The van der Waals surface area contributed by atoms with Crippen LogP contribution in [0.25, 0.3) is 0 Å². The fourth-order valence-corrected chi connectivity index (χ4v) is 3.59. The lowest BCUT2D eigenvalue weighted by Crippen LogP contribution is -2.45. The van der Waals surface area contributed by atoms with E-state index in [1.165, 1.54) is 16.7 Å². The molecule has 4 nitrogen and oxygen atoms in total. The van der Waals surface area contributed by atoms with Gasteiger partial charge >= 0.3 is 0 Å². The molecule has 0 N–H and O–H groups in total. The summed E-state index contributed by atoms with van der Waals surface area (Å²) in [5.74, 6) is 1.64. The molecule has 3 rings (SSSR count). The average molecular weight is 369 g/mol. The summed E-state index contributed by atoms with van der Waals surface area (Å²) in [6, 6.07) is 15.3. The number of methoxy groups -OCH3 is 1. The molecule has 1 aliphatic rings. The fraction of sp³-hybridized carbons (Fsp3) is 0.478. The number of rotatable bonds is 8. The van der Waals surface area contributed by atoms with Crippen LogP contribution >= 0.6 is 0 Å². The number of aryl methyl sites for hydroxylation is 1. The zero-order valence-corrected chi connectivity index (χ0v) is 16.9. The lowest BCUT2D eigenvalue weighted by molar-refractivity contribution is 0.122. The molecule has 1 heterocycles. The lowest BCUT2D eigenvalue weighted by atomic mass is 10.1. The monoisotopic (exact) mass is 368 g/mol. The van der Waals surface area contributed by atoms with E-state index in [-0.39, 0.29) is 0 Å². The first kappa shape index (κ1) is 19.7. The van der Waals surface area contributed by atoms with Crippen molar-refractivity contribution in [2.75, 3.05) is 39.9 Å². The Kier molecular flexibility index (Phi) is 7.13. The molecule has 1 fully saturated rings. The first-order valence-corrected chi connectivity index (χ1v) is 10.0. The number of hydrogen-bond donors (Lipinski definition) is 0. The number of piperazine rings is 1. The Morgan fingerprint density at radius 2 is 1.30 bits per heavy atom. The molecule has 27 heavy (non-hydrogen) atoms. The molecule has 2 aromatic carbocycles. The smallest absolute Gasteiger partial charge is 0.161 e. The van der Waals surface area contributed by atoms with Gasteiger partial charge in [0.05, 0.1) is 13.7 Å². The highest BCUT2D eigenvalue weighted by atomic mass is 16.5. The summed E-state index contributed by atoms with van der Waals surface area (Å²) in [4.78, 5) is 5.07. The van der Waals surface area contributed by atoms with Crippen LogP contribution in [0.15, 0.2) is 42.5 Å². The number of benzene rings is 2. The molecule has 0 aromatic heterocycles. The topological polar surface area (TPSA) is 24.9 Å². The normalized spacial score (nSPS) is 15.7. The third kappa shape index (κ3) is 5.47. The number of ether oxygens (including phenoxy) is 2. The summed E-state index contributed by atoms with van der Waals surface area (Å²) in [6.07, 6.45) is 1.11. The van der Waals surface area contributed by atoms with Gasteiger partial charge in [-0.2, -0.15) is 0 Å². The van der Waals surface area contributed by atoms with E-state index in [4.69, 9.17) is 9.47 Å². The van der Waals surface area contributed by atoms with E-state index in [0.29, 0.717) is 6.61 Å². The Labute approximate surface area is 163 Å². The Balaban J connectivity index is 1.51. The largest absolute Gasteiger partial charge is 0.493 e. The molecule has 0 spiro atoms. The molecule has 146 valence electrons. The summed E-state index contributed by atoms with van der Waals surface area (Å²) in [5.41, 5.74) is 4.11. The molecule has 0 aliphatic carbocycles. The summed E-state index contributed by atoms with van der Waals surface area (Å²) >= 11 is 0. The van der Waals surface area contributed by atoms with Gasteiger partial charge in [-0.3, -0.25) is 9.80 Å². The van der Waals surface area contributed by atoms with Gasteiger partial charge in [-0.1, -0.05) is 37.3 Å². The molecule has 0 atom stereocenters. The van der Waals surface area contributed by atoms with Crippen molar-refractivity contribution in [3.05, 3.63) is 59.2 Å². The van der Waals surface area contributed by atoms with Crippen molar-refractivity contribution < 1.29 is 9.47 Å². The van der Waals surface area contributed by atoms with E-state index in [1.54, 1.807) is 7.11 Å². The molecule has 4 heteroatoms. The quantitative estimate of drug-likeness (QED) is 0.704. The Morgan fingerprint density at radius 3 is 1.85 bits per heavy atom. The lowest BCUT2D eigenvalue weighted by Gasteiger charge is -2.34. The van der Waals surface area contributed by atoms with Crippen LogP contribution in [0, 0.1) is 0 Å². The van der Waals surface area contributed by atoms with Gasteiger partial charge in [0.1, 0.15) is 0 Å². The Hall–Kier alpha value is -2.04. The molecular weight excluding hydrogens is 336 g/mol. The van der Waals surface area contributed by atoms with E-state index in [9.17, 15) is 0 Å². The maximum absolute atomic E-state index is 5.71. The predicted octanol–water partition coefficient (Wildman–Crippen LogP) is 3.97. The second-order valence-electron chi connectivity index (χ2n) is 7.14. The van der Waals surface area contributed by atoms with E-state index < -0.39 is 0 Å². The van der Waals surface area contributed by atoms with Gasteiger partial charge in [-0.05, 0) is 42.2 Å². The van der Waals surface area contributed by atoms with Crippen molar-refractivity contribution in [1.82, 2.24) is 9.80 Å². The highest BCUT2D eigenvalue weighted by Crippen LogP contribution is 2.28. The summed E-state index contributed by atoms with van der Waals surface area (Å²) in [5, 5.41) is 0. The van der Waals surface area contributed by atoms with Gasteiger partial charge < -0.3 is 9.47 Å². The predicted molar refractivity (Wildman–Crippen MR) is 111 cm³/mol. The van der Waals surface area contributed by atoms with Crippen LogP contribution in [-0.4, -0.2) is 49.7 Å². The molecule has 0 bridgehead atoms. The molecular formula is C23H32N2O2. The highest BCUT2D eigenvalue weighted by molar-refractivity contribution is 5.43. The van der Waals surface area contributed by atoms with Gasteiger partial charge in [0.15, 0.2) is 11.5 Å². The van der Waals surface area contributed by atoms with Crippen LogP contribution in [-0.2, 0) is 19.5 Å². The zero-order chi connectivity index (χ0) is 19.1. The van der Waals surface area contributed by atoms with Crippen LogP contribution in [0.1, 0.15) is 30.5 Å². The second kappa shape index (κ2) is 9.77. The summed E-state index contributed by atoms with van der Waals surface area (Å²) in [7, 11) is 1.69. The van der Waals surface area contributed by atoms with Crippen LogP contribution in [0.3, 0.4) is 0 Å². The van der Waals surface area contributed by atoms with E-state index in [2.05, 4.69) is 53.1 Å². The number of hydrogen-bond acceptors (Lipinski definition) is 4. The molecule has 0 saturated carbocycles. The minimum Gasteiger partial charge on any atom is -0.493 e. The van der Waals surface area contributed by atoms with Crippen molar-refractivity contribution in [3.8, 4) is 11.5 Å². The van der Waals surface area contributed by atoms with Gasteiger partial charge in [0, 0.05) is 39.3 Å². The Bertz CT molecular complexity index is 707.